The van der Waals surface area contributed by atoms with Crippen LogP contribution >= 0.6 is 0 Å². The van der Waals surface area contributed by atoms with Crippen LogP contribution in [0.25, 0.3) is 0 Å². The lowest BCUT2D eigenvalue weighted by Crippen LogP contribution is -2.33. The number of phenolic OH excluding ortho intramolecular Hbond substituents is 1. The molecular weight excluding hydrogens is 260 g/mol. The van der Waals surface area contributed by atoms with Crippen LogP contribution in [-0.4, -0.2) is 24.7 Å². The Morgan fingerprint density at radius 1 is 1.29 bits per heavy atom. The maximum absolute atomic E-state index is 10.3. The molecule has 1 aromatic carbocycles. The van der Waals surface area contributed by atoms with Crippen molar-refractivity contribution in [3.8, 4) is 5.75 Å². The molecule has 1 aliphatic rings. The highest BCUT2D eigenvalue weighted by atomic mass is 16.3. The summed E-state index contributed by atoms with van der Waals surface area (Å²) < 4.78 is 0. The first-order valence-electron chi connectivity index (χ1n) is 8.42. The molecule has 0 amide bonds. The van der Waals surface area contributed by atoms with Gasteiger partial charge in [-0.2, -0.15) is 0 Å². The molecule has 118 valence electrons. The zero-order valence-corrected chi connectivity index (χ0v) is 13.7. The number of anilines is 1. The molecule has 1 unspecified atom stereocenters. The highest BCUT2D eigenvalue weighted by molar-refractivity contribution is 5.54. The van der Waals surface area contributed by atoms with Crippen molar-refractivity contribution in [1.82, 2.24) is 5.32 Å². The molecule has 1 fully saturated rings. The van der Waals surface area contributed by atoms with E-state index in [-0.39, 0.29) is 6.04 Å². The maximum Gasteiger partial charge on any atom is 0.122 e. The fourth-order valence-corrected chi connectivity index (χ4v) is 3.27. The molecule has 0 saturated heterocycles. The number of rotatable bonds is 6. The molecule has 0 aromatic heterocycles. The SMILES string of the molecule is CCCNC(C)c1ccc(N(C)C2CCCCC2)cc1O. The summed E-state index contributed by atoms with van der Waals surface area (Å²) in [4.78, 5) is 2.34. The molecule has 1 saturated carbocycles. The number of nitrogens with one attached hydrogen (secondary N) is 1. The van der Waals surface area contributed by atoms with Gasteiger partial charge < -0.3 is 15.3 Å². The molecule has 0 radical (unpaired) electrons. The summed E-state index contributed by atoms with van der Waals surface area (Å²) in [5.41, 5.74) is 2.12. The van der Waals surface area contributed by atoms with Gasteiger partial charge in [-0.1, -0.05) is 32.3 Å². The van der Waals surface area contributed by atoms with E-state index in [4.69, 9.17) is 0 Å². The fourth-order valence-electron chi connectivity index (χ4n) is 3.27. The van der Waals surface area contributed by atoms with E-state index >= 15 is 0 Å². The van der Waals surface area contributed by atoms with E-state index in [2.05, 4.69) is 43.2 Å². The van der Waals surface area contributed by atoms with Crippen LogP contribution in [-0.2, 0) is 0 Å². The van der Waals surface area contributed by atoms with Gasteiger partial charge in [0.05, 0.1) is 0 Å². The van der Waals surface area contributed by atoms with Gasteiger partial charge in [-0.3, -0.25) is 0 Å². The molecule has 21 heavy (non-hydrogen) atoms. The fraction of sp³-hybridized carbons (Fsp3) is 0.667. The van der Waals surface area contributed by atoms with Gasteiger partial charge >= 0.3 is 0 Å². The standard InChI is InChI=1S/C18H30N2O/c1-4-12-19-14(2)17-11-10-16(13-18(17)21)20(3)15-8-6-5-7-9-15/h10-11,13-15,19,21H,4-9,12H2,1-3H3. The van der Waals surface area contributed by atoms with E-state index in [1.54, 1.807) is 0 Å². The van der Waals surface area contributed by atoms with E-state index in [1.807, 2.05) is 6.07 Å². The molecule has 2 N–H and O–H groups in total. The minimum absolute atomic E-state index is 0.194. The summed E-state index contributed by atoms with van der Waals surface area (Å²) >= 11 is 0. The molecule has 3 heteroatoms. The normalized spacial score (nSPS) is 17.7. The highest BCUT2D eigenvalue weighted by Gasteiger charge is 2.19. The van der Waals surface area contributed by atoms with Gasteiger partial charge in [0.1, 0.15) is 5.75 Å². The number of nitrogens with zero attached hydrogens (tertiary/aromatic N) is 1. The number of hydrogen-bond acceptors (Lipinski definition) is 3. The minimum Gasteiger partial charge on any atom is -0.508 e. The van der Waals surface area contributed by atoms with Gasteiger partial charge in [-0.05, 0) is 38.8 Å². The van der Waals surface area contributed by atoms with E-state index in [9.17, 15) is 5.11 Å². The zero-order chi connectivity index (χ0) is 15.2. The van der Waals surface area contributed by atoms with Crippen LogP contribution in [0.15, 0.2) is 18.2 Å². The number of aromatic hydroxyl groups is 1. The van der Waals surface area contributed by atoms with Crippen molar-refractivity contribution in [2.75, 3.05) is 18.5 Å². The topological polar surface area (TPSA) is 35.5 Å². The van der Waals surface area contributed by atoms with Crippen LogP contribution in [0.4, 0.5) is 5.69 Å². The molecule has 0 heterocycles. The van der Waals surface area contributed by atoms with Crippen molar-refractivity contribution in [1.29, 1.82) is 0 Å². The largest absolute Gasteiger partial charge is 0.508 e. The number of hydrogen-bond donors (Lipinski definition) is 2. The molecule has 0 spiro atoms. The molecule has 1 aliphatic carbocycles. The van der Waals surface area contributed by atoms with Crippen LogP contribution < -0.4 is 10.2 Å². The maximum atomic E-state index is 10.3. The second kappa shape index (κ2) is 7.69. The van der Waals surface area contributed by atoms with Gasteiger partial charge in [-0.15, -0.1) is 0 Å². The Balaban J connectivity index is 2.06. The first kappa shape index (κ1) is 16.2. The third-order valence-electron chi connectivity index (χ3n) is 4.71. The molecule has 1 aromatic rings. The summed E-state index contributed by atoms with van der Waals surface area (Å²) in [7, 11) is 2.16. The van der Waals surface area contributed by atoms with Crippen molar-refractivity contribution < 1.29 is 5.11 Å². The Kier molecular flexibility index (Phi) is 5.92. The summed E-state index contributed by atoms with van der Waals surface area (Å²) in [6, 6.07) is 6.96. The van der Waals surface area contributed by atoms with Gasteiger partial charge in [-0.25, -0.2) is 0 Å². The second-order valence-electron chi connectivity index (χ2n) is 6.32. The van der Waals surface area contributed by atoms with Crippen LogP contribution in [0.3, 0.4) is 0 Å². The molecule has 0 aliphatic heterocycles. The van der Waals surface area contributed by atoms with Crippen LogP contribution in [0, 0.1) is 0 Å². The average Bonchev–Trinajstić information content (AvgIpc) is 2.52. The van der Waals surface area contributed by atoms with E-state index < -0.39 is 0 Å². The first-order valence-corrected chi connectivity index (χ1v) is 8.42. The predicted molar refractivity (Wildman–Crippen MR) is 90.1 cm³/mol. The lowest BCUT2D eigenvalue weighted by Gasteiger charge is -2.33. The summed E-state index contributed by atoms with van der Waals surface area (Å²) in [5.74, 6) is 0.409. The highest BCUT2D eigenvalue weighted by Crippen LogP contribution is 2.32. The van der Waals surface area contributed by atoms with Crippen molar-refractivity contribution in [2.45, 2.75) is 64.5 Å². The predicted octanol–water partition coefficient (Wildman–Crippen LogP) is 4.22. The van der Waals surface area contributed by atoms with Gasteiger partial charge in [0.2, 0.25) is 0 Å². The van der Waals surface area contributed by atoms with E-state index in [1.165, 1.54) is 32.1 Å². The number of phenols is 1. The quantitative estimate of drug-likeness (QED) is 0.823. The molecule has 3 nitrogen and oxygen atoms in total. The molecular formula is C18H30N2O. The third kappa shape index (κ3) is 4.13. The first-order chi connectivity index (χ1) is 10.1. The van der Waals surface area contributed by atoms with Crippen molar-refractivity contribution in [3.05, 3.63) is 23.8 Å². The number of benzene rings is 1. The van der Waals surface area contributed by atoms with Crippen LogP contribution in [0.2, 0.25) is 0 Å². The Morgan fingerprint density at radius 2 is 2.00 bits per heavy atom. The molecule has 0 bridgehead atoms. The molecule has 1 atom stereocenters. The second-order valence-corrected chi connectivity index (χ2v) is 6.32. The van der Waals surface area contributed by atoms with Gasteiger partial charge in [0.15, 0.2) is 0 Å². The van der Waals surface area contributed by atoms with E-state index in [0.717, 1.165) is 24.2 Å². The van der Waals surface area contributed by atoms with Gasteiger partial charge in [0, 0.05) is 36.4 Å². The Bertz CT molecular complexity index is 441. The summed E-state index contributed by atoms with van der Waals surface area (Å²) in [6.07, 6.45) is 7.68. The van der Waals surface area contributed by atoms with Crippen molar-refractivity contribution in [3.63, 3.8) is 0 Å². The smallest absolute Gasteiger partial charge is 0.122 e. The van der Waals surface area contributed by atoms with E-state index in [0.29, 0.717) is 11.8 Å². The Morgan fingerprint density at radius 3 is 2.62 bits per heavy atom. The Hall–Kier alpha value is -1.22. The van der Waals surface area contributed by atoms with Crippen LogP contribution in [0.1, 0.15) is 64.0 Å². The Labute approximate surface area is 129 Å². The summed E-state index contributed by atoms with van der Waals surface area (Å²) in [6.45, 7) is 5.24. The van der Waals surface area contributed by atoms with Crippen molar-refractivity contribution >= 4 is 5.69 Å². The summed E-state index contributed by atoms with van der Waals surface area (Å²) in [5, 5.41) is 13.8. The molecule has 2 rings (SSSR count). The minimum atomic E-state index is 0.194. The lowest BCUT2D eigenvalue weighted by molar-refractivity contribution is 0.425. The van der Waals surface area contributed by atoms with Crippen molar-refractivity contribution in [2.24, 2.45) is 0 Å². The lowest BCUT2D eigenvalue weighted by atomic mass is 9.94. The average molecular weight is 290 g/mol. The van der Waals surface area contributed by atoms with Gasteiger partial charge in [0.25, 0.3) is 0 Å². The third-order valence-corrected chi connectivity index (χ3v) is 4.71. The monoisotopic (exact) mass is 290 g/mol. The van der Waals surface area contributed by atoms with Crippen LogP contribution in [0.5, 0.6) is 5.75 Å². The zero-order valence-electron chi connectivity index (χ0n) is 13.7.